The molecule has 1 amide bonds. The van der Waals surface area contributed by atoms with Gasteiger partial charge in [-0.2, -0.15) is 10.2 Å². The van der Waals surface area contributed by atoms with Crippen LogP contribution >= 0.6 is 23.6 Å². The highest BCUT2D eigenvalue weighted by Crippen LogP contribution is 2.26. The van der Waals surface area contributed by atoms with Crippen LogP contribution in [0.25, 0.3) is 11.0 Å². The number of thiazole rings is 1. The third kappa shape index (κ3) is 4.64. The first kappa shape index (κ1) is 23.0. The number of aryl methyl sites for hydroxylation is 4. The van der Waals surface area contributed by atoms with E-state index < -0.39 is 0 Å². The molecular formula is C22H26N8OS2. The number of fused-ring (bicyclic) bond motifs is 1. The number of nitrogens with zero attached hydrogens (tertiary/aromatic N) is 6. The van der Waals surface area contributed by atoms with Crippen LogP contribution in [0, 0.1) is 25.5 Å². The van der Waals surface area contributed by atoms with E-state index in [9.17, 15) is 4.79 Å². The van der Waals surface area contributed by atoms with Crippen LogP contribution in [0.15, 0.2) is 18.0 Å². The van der Waals surface area contributed by atoms with Crippen LogP contribution in [-0.2, 0) is 31.2 Å². The Bertz CT molecular complexity index is 1410. The van der Waals surface area contributed by atoms with Gasteiger partial charge in [0.15, 0.2) is 15.5 Å². The van der Waals surface area contributed by atoms with Crippen molar-refractivity contribution in [1.82, 2.24) is 34.5 Å². The molecule has 4 aromatic heterocycles. The minimum absolute atomic E-state index is 0.0768. The van der Waals surface area contributed by atoms with E-state index in [0.29, 0.717) is 35.7 Å². The van der Waals surface area contributed by atoms with Gasteiger partial charge >= 0.3 is 0 Å². The van der Waals surface area contributed by atoms with Gasteiger partial charge in [0.25, 0.3) is 0 Å². The molecule has 0 bridgehead atoms. The maximum Gasteiger partial charge on any atom is 0.226 e. The summed E-state index contributed by atoms with van der Waals surface area (Å²) in [6.45, 7) is 10.4. The smallest absolute Gasteiger partial charge is 0.226 e. The summed E-state index contributed by atoms with van der Waals surface area (Å²) in [7, 11) is 1.90. The number of carbonyl (C=O) groups is 1. The van der Waals surface area contributed by atoms with Crippen molar-refractivity contribution in [1.29, 1.82) is 0 Å². The first-order valence-corrected chi connectivity index (χ1v) is 11.9. The number of rotatable bonds is 8. The van der Waals surface area contributed by atoms with E-state index in [1.807, 2.05) is 30.8 Å². The fourth-order valence-corrected chi connectivity index (χ4v) is 5.01. The highest BCUT2D eigenvalue weighted by atomic mass is 32.1. The second kappa shape index (κ2) is 9.36. The molecule has 0 radical (unpaired) electrons. The minimum Gasteiger partial charge on any atom is -0.302 e. The zero-order valence-corrected chi connectivity index (χ0v) is 20.7. The zero-order valence-electron chi connectivity index (χ0n) is 19.1. The lowest BCUT2D eigenvalue weighted by Gasteiger charge is -2.11. The van der Waals surface area contributed by atoms with Gasteiger partial charge < -0.3 is 5.32 Å². The van der Waals surface area contributed by atoms with E-state index in [2.05, 4.69) is 39.1 Å². The van der Waals surface area contributed by atoms with Crippen molar-refractivity contribution >= 4 is 45.6 Å². The third-order valence-electron chi connectivity index (χ3n) is 5.62. The molecule has 0 aliphatic rings. The summed E-state index contributed by atoms with van der Waals surface area (Å²) in [6.07, 6.45) is 3.24. The van der Waals surface area contributed by atoms with E-state index in [0.717, 1.165) is 45.1 Å². The van der Waals surface area contributed by atoms with Gasteiger partial charge in [-0.1, -0.05) is 6.08 Å². The molecular weight excluding hydrogens is 456 g/mol. The number of allylic oxidation sites excluding steroid dienone is 1. The largest absolute Gasteiger partial charge is 0.302 e. The van der Waals surface area contributed by atoms with Crippen molar-refractivity contribution < 1.29 is 4.79 Å². The maximum atomic E-state index is 12.6. The summed E-state index contributed by atoms with van der Waals surface area (Å²) in [6, 6.07) is 0. The molecule has 4 aromatic rings. The number of aromatic nitrogens is 7. The third-order valence-corrected chi connectivity index (χ3v) is 6.74. The fraction of sp³-hybridized carbons (Fsp3) is 0.364. The fourth-order valence-electron chi connectivity index (χ4n) is 4.06. The van der Waals surface area contributed by atoms with Crippen molar-refractivity contribution in [3.8, 4) is 0 Å². The molecule has 0 aromatic carbocycles. The van der Waals surface area contributed by atoms with Gasteiger partial charge in [0.05, 0.1) is 17.8 Å². The average Bonchev–Trinajstić information content (AvgIpc) is 3.42. The van der Waals surface area contributed by atoms with Gasteiger partial charge in [0, 0.05) is 36.5 Å². The van der Waals surface area contributed by atoms with Gasteiger partial charge in [-0.3, -0.25) is 19.1 Å². The standard InChI is InChI=1S/C22H26N8OS2/c1-6-9-30-17(26-27-22(30)32)10-15-11-33-21(24-15)25-18(31)8-7-16-12(2)19-14(4)28-29(5)20(19)23-13(16)3/h6,11H,1,7-10H2,2-5H3,(H,27,32)(H,24,25,31). The van der Waals surface area contributed by atoms with Crippen molar-refractivity contribution in [2.45, 2.75) is 46.6 Å². The van der Waals surface area contributed by atoms with Crippen molar-refractivity contribution in [2.75, 3.05) is 5.32 Å². The van der Waals surface area contributed by atoms with Gasteiger partial charge in [-0.15, -0.1) is 17.9 Å². The molecule has 11 heteroatoms. The lowest BCUT2D eigenvalue weighted by atomic mass is 9.99. The Hall–Kier alpha value is -3.18. The summed E-state index contributed by atoms with van der Waals surface area (Å²) in [5.74, 6) is 0.703. The van der Waals surface area contributed by atoms with Gasteiger partial charge in [0.1, 0.15) is 5.82 Å². The number of hydrogen-bond donors (Lipinski definition) is 2. The monoisotopic (exact) mass is 482 g/mol. The quantitative estimate of drug-likeness (QED) is 0.291. The molecule has 33 heavy (non-hydrogen) atoms. The van der Waals surface area contributed by atoms with Crippen molar-refractivity contribution in [3.63, 3.8) is 0 Å². The summed E-state index contributed by atoms with van der Waals surface area (Å²) in [5, 5.41) is 18.0. The molecule has 0 fully saturated rings. The molecule has 0 saturated carbocycles. The number of pyridine rings is 1. The highest BCUT2D eigenvalue weighted by molar-refractivity contribution is 7.71. The van der Waals surface area contributed by atoms with E-state index in [1.54, 1.807) is 10.8 Å². The number of carbonyl (C=O) groups excluding carboxylic acids is 1. The summed E-state index contributed by atoms with van der Waals surface area (Å²) in [4.78, 5) is 21.9. The second-order valence-electron chi connectivity index (χ2n) is 7.92. The van der Waals surface area contributed by atoms with Crippen LogP contribution in [0.2, 0.25) is 0 Å². The van der Waals surface area contributed by atoms with E-state index >= 15 is 0 Å². The Kier molecular flexibility index (Phi) is 6.52. The number of hydrogen-bond acceptors (Lipinski definition) is 7. The lowest BCUT2D eigenvalue weighted by Crippen LogP contribution is -2.13. The Morgan fingerprint density at radius 1 is 1.30 bits per heavy atom. The Labute approximate surface area is 200 Å². The Morgan fingerprint density at radius 2 is 2.09 bits per heavy atom. The van der Waals surface area contributed by atoms with Crippen LogP contribution in [0.1, 0.15) is 40.5 Å². The van der Waals surface area contributed by atoms with Crippen molar-refractivity contribution in [2.24, 2.45) is 7.05 Å². The zero-order chi connectivity index (χ0) is 23.7. The van der Waals surface area contributed by atoms with Gasteiger partial charge in [-0.05, 0) is 50.5 Å². The highest BCUT2D eigenvalue weighted by Gasteiger charge is 2.17. The summed E-state index contributed by atoms with van der Waals surface area (Å²) >= 11 is 6.65. The second-order valence-corrected chi connectivity index (χ2v) is 9.17. The molecule has 4 rings (SSSR count). The predicted molar refractivity (Wildman–Crippen MR) is 132 cm³/mol. The van der Waals surface area contributed by atoms with E-state index in [1.165, 1.54) is 11.3 Å². The molecule has 4 heterocycles. The molecule has 0 unspecified atom stereocenters. The molecule has 0 aliphatic heterocycles. The van der Waals surface area contributed by atoms with Crippen LogP contribution in [0.5, 0.6) is 0 Å². The number of aromatic amines is 1. The normalized spacial score (nSPS) is 11.3. The number of amides is 1. The van der Waals surface area contributed by atoms with E-state index in [-0.39, 0.29) is 5.91 Å². The van der Waals surface area contributed by atoms with Crippen LogP contribution in [-0.4, -0.2) is 40.4 Å². The van der Waals surface area contributed by atoms with Crippen LogP contribution in [0.3, 0.4) is 0 Å². The first-order valence-electron chi connectivity index (χ1n) is 10.6. The lowest BCUT2D eigenvalue weighted by molar-refractivity contribution is -0.116. The molecule has 0 spiro atoms. The average molecular weight is 483 g/mol. The molecule has 9 nitrogen and oxygen atoms in total. The number of H-pyrrole nitrogens is 1. The minimum atomic E-state index is -0.0768. The topological polar surface area (TPSA) is 106 Å². The molecule has 0 aliphatic carbocycles. The first-order chi connectivity index (χ1) is 15.8. The number of anilines is 1. The molecule has 2 N–H and O–H groups in total. The van der Waals surface area contributed by atoms with Crippen LogP contribution < -0.4 is 5.32 Å². The number of nitrogens with one attached hydrogen (secondary N) is 2. The summed E-state index contributed by atoms with van der Waals surface area (Å²) in [5.41, 5.74) is 5.82. The molecule has 0 saturated heterocycles. The SMILES string of the molecule is C=CCn1c(Cc2csc(NC(=O)CCc3c(C)nc4c(c(C)nn4C)c3C)n2)n[nH]c1=S. The Balaban J connectivity index is 1.41. The van der Waals surface area contributed by atoms with Gasteiger partial charge in [0.2, 0.25) is 5.91 Å². The van der Waals surface area contributed by atoms with Crippen molar-refractivity contribution in [3.05, 3.63) is 56.8 Å². The van der Waals surface area contributed by atoms with Gasteiger partial charge in [-0.25, -0.2) is 9.97 Å². The maximum absolute atomic E-state index is 12.6. The van der Waals surface area contributed by atoms with Crippen LogP contribution in [0.4, 0.5) is 5.13 Å². The molecule has 0 atom stereocenters. The summed E-state index contributed by atoms with van der Waals surface area (Å²) < 4.78 is 4.23. The van der Waals surface area contributed by atoms with E-state index in [4.69, 9.17) is 17.2 Å². The molecule has 172 valence electrons. The Morgan fingerprint density at radius 3 is 2.85 bits per heavy atom. The predicted octanol–water partition coefficient (Wildman–Crippen LogP) is 3.95.